The molecule has 1 unspecified atom stereocenters. The minimum absolute atomic E-state index is 0.0640. The molecule has 132 valence electrons. The van der Waals surface area contributed by atoms with Crippen LogP contribution in [0, 0.1) is 0 Å². The van der Waals surface area contributed by atoms with Crippen molar-refractivity contribution < 1.29 is 9.69 Å². The lowest BCUT2D eigenvalue weighted by molar-refractivity contribution is -0.913. The van der Waals surface area contributed by atoms with E-state index < -0.39 is 0 Å². The number of anilines is 1. The van der Waals surface area contributed by atoms with E-state index in [0.717, 1.165) is 42.2 Å². The number of benzene rings is 2. The Bertz CT molecular complexity index is 1000. The summed E-state index contributed by atoms with van der Waals surface area (Å²) in [4.78, 5) is 15.9. The highest BCUT2D eigenvalue weighted by Crippen LogP contribution is 2.39. The fourth-order valence-electron chi connectivity index (χ4n) is 4.21. The van der Waals surface area contributed by atoms with Gasteiger partial charge in [-0.15, -0.1) is 11.3 Å². The van der Waals surface area contributed by atoms with E-state index in [2.05, 4.69) is 47.9 Å². The van der Waals surface area contributed by atoms with Gasteiger partial charge in [-0.25, -0.2) is 0 Å². The van der Waals surface area contributed by atoms with Crippen molar-refractivity contribution >= 4 is 33.0 Å². The van der Waals surface area contributed by atoms with Crippen LogP contribution in [0.3, 0.4) is 0 Å². The average Bonchev–Trinajstić information content (AvgIpc) is 3.05. The van der Waals surface area contributed by atoms with Crippen molar-refractivity contribution in [3.05, 3.63) is 64.0 Å². The lowest BCUT2D eigenvalue weighted by Crippen LogP contribution is -3.11. The Hall–Kier alpha value is -2.37. The van der Waals surface area contributed by atoms with Crippen LogP contribution in [0.25, 0.3) is 10.8 Å². The minimum Gasteiger partial charge on any atom is -0.353 e. The van der Waals surface area contributed by atoms with E-state index in [4.69, 9.17) is 0 Å². The first kappa shape index (κ1) is 15.9. The van der Waals surface area contributed by atoms with Gasteiger partial charge >= 0.3 is 0 Å². The van der Waals surface area contributed by atoms with Gasteiger partial charge in [-0.2, -0.15) is 0 Å². The molecule has 2 aromatic carbocycles. The van der Waals surface area contributed by atoms with Crippen LogP contribution in [0.15, 0.2) is 42.5 Å². The van der Waals surface area contributed by atoms with Crippen LogP contribution in [0.5, 0.6) is 0 Å². The zero-order valence-electron chi connectivity index (χ0n) is 14.8. The maximum Gasteiger partial charge on any atom is 0.256 e. The van der Waals surface area contributed by atoms with Gasteiger partial charge in [0.05, 0.1) is 23.5 Å². The molecule has 3 N–H and O–H groups in total. The molecule has 0 bridgehead atoms. The Morgan fingerprint density at radius 2 is 2.00 bits per heavy atom. The Labute approximate surface area is 156 Å². The molecule has 3 heterocycles. The van der Waals surface area contributed by atoms with E-state index in [1.165, 1.54) is 21.2 Å². The molecule has 2 aliphatic rings. The number of rotatable bonds is 2. The fraction of sp³-hybridized carbons (Fsp3) is 0.286. The number of quaternary nitrogens is 1. The van der Waals surface area contributed by atoms with Crippen LogP contribution in [-0.4, -0.2) is 19.0 Å². The van der Waals surface area contributed by atoms with Crippen molar-refractivity contribution in [3.8, 4) is 0 Å². The molecule has 3 aromatic rings. The Balaban J connectivity index is 1.55. The van der Waals surface area contributed by atoms with E-state index in [9.17, 15) is 4.79 Å². The second-order valence-electron chi connectivity index (χ2n) is 7.11. The van der Waals surface area contributed by atoms with Gasteiger partial charge in [-0.05, 0) is 23.3 Å². The van der Waals surface area contributed by atoms with Gasteiger partial charge in [0.2, 0.25) is 0 Å². The number of carbonyl (C=O) groups excluding carboxylic acids is 1. The number of hydrogen-bond donors (Lipinski definition) is 3. The normalized spacial score (nSPS) is 21.7. The molecule has 2 aliphatic heterocycles. The summed E-state index contributed by atoms with van der Waals surface area (Å²) in [6, 6.07) is 14.6. The summed E-state index contributed by atoms with van der Waals surface area (Å²) in [6.45, 7) is 5.53. The first-order valence-electron chi connectivity index (χ1n) is 9.27. The molecule has 0 aliphatic carbocycles. The molecule has 5 rings (SSSR count). The summed E-state index contributed by atoms with van der Waals surface area (Å²) in [6.07, 6.45) is 0.814. The van der Waals surface area contributed by atoms with Crippen molar-refractivity contribution in [3.63, 3.8) is 0 Å². The number of amides is 1. The molecule has 0 saturated carbocycles. The second-order valence-corrected chi connectivity index (χ2v) is 8.21. The highest BCUT2D eigenvalue weighted by molar-refractivity contribution is 7.16. The van der Waals surface area contributed by atoms with Crippen molar-refractivity contribution in [2.45, 2.75) is 26.1 Å². The largest absolute Gasteiger partial charge is 0.353 e. The molecule has 26 heavy (non-hydrogen) atoms. The summed E-state index contributed by atoms with van der Waals surface area (Å²) in [7, 11) is 0. The predicted molar refractivity (Wildman–Crippen MR) is 106 cm³/mol. The Morgan fingerprint density at radius 3 is 2.88 bits per heavy atom. The van der Waals surface area contributed by atoms with Crippen molar-refractivity contribution in [2.24, 2.45) is 0 Å². The number of nitrogens with one attached hydrogen (secondary N) is 3. The molecule has 0 spiro atoms. The van der Waals surface area contributed by atoms with Gasteiger partial charge < -0.3 is 15.5 Å². The van der Waals surface area contributed by atoms with Crippen LogP contribution in [0.2, 0.25) is 0 Å². The summed E-state index contributed by atoms with van der Waals surface area (Å²) >= 11 is 1.77. The Kier molecular flexibility index (Phi) is 3.72. The summed E-state index contributed by atoms with van der Waals surface area (Å²) < 4.78 is 0. The fourth-order valence-corrected chi connectivity index (χ4v) is 5.55. The first-order chi connectivity index (χ1) is 12.7. The number of hydrogen-bond acceptors (Lipinski definition) is 3. The lowest BCUT2D eigenvalue weighted by Gasteiger charge is -2.28. The van der Waals surface area contributed by atoms with E-state index in [0.29, 0.717) is 0 Å². The topological polar surface area (TPSA) is 45.6 Å². The van der Waals surface area contributed by atoms with Crippen molar-refractivity contribution in [2.75, 3.05) is 18.4 Å². The maximum absolute atomic E-state index is 12.9. The molecule has 5 heteroatoms. The average molecular weight is 364 g/mol. The molecule has 1 amide bonds. The van der Waals surface area contributed by atoms with Gasteiger partial charge in [0.15, 0.2) is 0 Å². The first-order valence-corrected chi connectivity index (χ1v) is 10.1. The van der Waals surface area contributed by atoms with Gasteiger partial charge in [0, 0.05) is 12.0 Å². The summed E-state index contributed by atoms with van der Waals surface area (Å²) in [5.41, 5.74) is 3.27. The SMILES string of the molecule is CC[NH+]1CCc2c(sc3c2C(=O)N[C@H](c2cccc4ccccc24)N3)C1. The number of thiophene rings is 1. The molecule has 0 saturated heterocycles. The second kappa shape index (κ2) is 6.11. The zero-order valence-corrected chi connectivity index (χ0v) is 15.6. The lowest BCUT2D eigenvalue weighted by atomic mass is 9.98. The monoisotopic (exact) mass is 364 g/mol. The predicted octanol–water partition coefficient (Wildman–Crippen LogP) is 2.72. The van der Waals surface area contributed by atoms with Gasteiger partial charge in [0.1, 0.15) is 17.7 Å². The van der Waals surface area contributed by atoms with Gasteiger partial charge in [-0.3, -0.25) is 4.79 Å². The molecular formula is C21H22N3OS+. The van der Waals surface area contributed by atoms with Crippen LogP contribution < -0.4 is 15.5 Å². The maximum atomic E-state index is 12.9. The van der Waals surface area contributed by atoms with Crippen molar-refractivity contribution in [1.82, 2.24) is 5.32 Å². The zero-order chi connectivity index (χ0) is 17.7. The van der Waals surface area contributed by atoms with Gasteiger partial charge in [0.25, 0.3) is 5.91 Å². The molecular weight excluding hydrogens is 342 g/mol. The van der Waals surface area contributed by atoms with E-state index in [1.807, 2.05) is 12.1 Å². The number of carbonyl (C=O) groups is 1. The van der Waals surface area contributed by atoms with Crippen LogP contribution in [-0.2, 0) is 13.0 Å². The van der Waals surface area contributed by atoms with Gasteiger partial charge in [-0.1, -0.05) is 42.5 Å². The van der Waals surface area contributed by atoms with Crippen LogP contribution in [0.1, 0.15) is 39.5 Å². The van der Waals surface area contributed by atoms with Crippen LogP contribution >= 0.6 is 11.3 Å². The molecule has 1 aromatic heterocycles. The molecule has 0 fully saturated rings. The van der Waals surface area contributed by atoms with E-state index >= 15 is 0 Å². The number of fused-ring (bicyclic) bond motifs is 4. The van der Waals surface area contributed by atoms with Crippen LogP contribution in [0.4, 0.5) is 5.00 Å². The number of likely N-dealkylation sites (N-methyl/N-ethyl adjacent to an activating group) is 1. The van der Waals surface area contributed by atoms with E-state index in [1.54, 1.807) is 16.2 Å². The Morgan fingerprint density at radius 1 is 1.15 bits per heavy atom. The molecule has 4 nitrogen and oxygen atoms in total. The standard InChI is InChI=1S/C21H21N3OS/c1-2-24-11-10-16-17(12-24)26-21-18(16)20(25)22-19(23-21)15-9-5-7-13-6-3-4-8-14(13)15/h3-9,19,23H,2,10-12H2,1H3,(H,22,25)/p+1/t19-/m0/s1. The molecule has 2 atom stereocenters. The summed E-state index contributed by atoms with van der Waals surface area (Å²) in [5, 5.41) is 10.2. The minimum atomic E-state index is -0.184. The van der Waals surface area contributed by atoms with E-state index in [-0.39, 0.29) is 12.1 Å². The highest BCUT2D eigenvalue weighted by atomic mass is 32.1. The highest BCUT2D eigenvalue weighted by Gasteiger charge is 2.34. The third-order valence-electron chi connectivity index (χ3n) is 5.64. The third kappa shape index (κ3) is 2.42. The smallest absolute Gasteiger partial charge is 0.256 e. The quantitative estimate of drug-likeness (QED) is 0.655. The summed E-state index contributed by atoms with van der Waals surface area (Å²) in [5.74, 6) is 0.0640. The third-order valence-corrected chi connectivity index (χ3v) is 6.81. The molecule has 0 radical (unpaired) electrons. The van der Waals surface area contributed by atoms with Crippen molar-refractivity contribution in [1.29, 1.82) is 0 Å².